The maximum Gasteiger partial charge on any atom is -0.147 e. The summed E-state index contributed by atoms with van der Waals surface area (Å²) in [5, 5.41) is 0. The number of fused-ring (bicyclic) bond motifs is 1. The summed E-state index contributed by atoms with van der Waals surface area (Å²) in [6.45, 7) is 3.65. The first kappa shape index (κ1) is 20.6. The fourth-order valence-electron chi connectivity index (χ4n) is 2.90. The Bertz CT molecular complexity index is 879. The summed E-state index contributed by atoms with van der Waals surface area (Å²) in [6, 6.07) is 9.91. The molecule has 0 unspecified atom stereocenters. The second kappa shape index (κ2) is 7.20. The van der Waals surface area contributed by atoms with Gasteiger partial charge in [0.25, 0.3) is 0 Å². The van der Waals surface area contributed by atoms with E-state index in [2.05, 4.69) is 0 Å². The Labute approximate surface area is 163 Å². The van der Waals surface area contributed by atoms with Crippen LogP contribution in [0.2, 0.25) is 0 Å². The topological polar surface area (TPSA) is 54.4 Å². The molecule has 0 spiro atoms. The molecule has 23 heavy (non-hydrogen) atoms. The first-order valence-electron chi connectivity index (χ1n) is 6.46. The fourth-order valence-corrected chi connectivity index (χ4v) is 5.08. The summed E-state index contributed by atoms with van der Waals surface area (Å²) in [6.07, 6.45) is 2.00. The van der Waals surface area contributed by atoms with Crippen LogP contribution in [0.1, 0.15) is 19.4 Å². The fraction of sp³-hybridized carbons (Fsp3) is 0.125. The molecule has 0 atom stereocenters. The van der Waals surface area contributed by atoms with Crippen LogP contribution in [0.5, 0.6) is 0 Å². The van der Waals surface area contributed by atoms with E-state index in [4.69, 9.17) is 0 Å². The van der Waals surface area contributed by atoms with Gasteiger partial charge in [0, 0.05) is 0 Å². The van der Waals surface area contributed by atoms with Crippen LogP contribution in [0.4, 0.5) is 0 Å². The zero-order chi connectivity index (χ0) is 15.4. The Morgan fingerprint density at radius 1 is 1.00 bits per heavy atom. The van der Waals surface area contributed by atoms with Gasteiger partial charge in [-0.05, 0) is 0 Å². The number of halogens is 2. The zero-order valence-electron chi connectivity index (χ0n) is 12.5. The largest absolute Gasteiger partial charge is 0.147 e. The zero-order valence-corrected chi connectivity index (χ0v) is 17.4. The van der Waals surface area contributed by atoms with Gasteiger partial charge in [0.15, 0.2) is 0 Å². The third-order valence-corrected chi connectivity index (χ3v) is 6.37. The standard InChI is InChI=1S/C16H13O3S.2ClH.Zr/c1-10-8-13(12-6-4-3-5-7-12)14-9-11(2)16(15(10)14)20(17,18)19;;;/h3-8H,1-2H3,(H,17,18,19);2*1H;. The molecule has 1 N–H and O–H groups in total. The molecule has 2 aliphatic rings. The van der Waals surface area contributed by atoms with Crippen LogP contribution < -0.4 is 0 Å². The van der Waals surface area contributed by atoms with E-state index in [1.54, 1.807) is 6.92 Å². The van der Waals surface area contributed by atoms with E-state index in [0.29, 0.717) is 11.1 Å². The number of benzene rings is 1. The smallest absolute Gasteiger partial charge is 0.147 e. The van der Waals surface area contributed by atoms with Crippen molar-refractivity contribution in [1.82, 2.24) is 0 Å². The molecule has 3 nitrogen and oxygen atoms in total. The molecule has 0 amide bonds. The number of rotatable bonds is 2. The number of hydrogen-bond acceptors (Lipinski definition) is 2. The molecule has 0 fully saturated rings. The Balaban J connectivity index is 0.00000132. The molecular formula is C16H15Cl2O3SZr. The summed E-state index contributed by atoms with van der Waals surface area (Å²) in [5.41, 5.74) is 5.27. The molecule has 1 aromatic carbocycles. The van der Waals surface area contributed by atoms with Crippen LogP contribution in [0, 0.1) is 0 Å². The van der Waals surface area contributed by atoms with Gasteiger partial charge in [0.2, 0.25) is 0 Å². The molecule has 0 saturated heterocycles. The van der Waals surface area contributed by atoms with Gasteiger partial charge in [-0.2, -0.15) is 0 Å². The van der Waals surface area contributed by atoms with Crippen molar-refractivity contribution >= 4 is 40.5 Å². The summed E-state index contributed by atoms with van der Waals surface area (Å²) >= 11 is 1.14. The Kier molecular flexibility index (Phi) is 6.45. The average Bonchev–Trinajstić information content (AvgIpc) is 2.88. The Hall–Kier alpha value is -0.447. The molecule has 0 heterocycles. The van der Waals surface area contributed by atoms with Crippen molar-refractivity contribution in [1.29, 1.82) is 0 Å². The van der Waals surface area contributed by atoms with E-state index in [0.717, 1.165) is 50.3 Å². The second-order valence-electron chi connectivity index (χ2n) is 5.16. The van der Waals surface area contributed by atoms with Gasteiger partial charge in [-0.15, -0.1) is 24.8 Å². The van der Waals surface area contributed by atoms with Crippen molar-refractivity contribution in [2.75, 3.05) is 0 Å². The predicted molar refractivity (Wildman–Crippen MR) is 92.9 cm³/mol. The van der Waals surface area contributed by atoms with Crippen LogP contribution in [0.15, 0.2) is 66.9 Å². The number of allylic oxidation sites excluding steroid dienone is 7. The molecule has 3 rings (SSSR count). The Morgan fingerprint density at radius 3 is 2.09 bits per heavy atom. The van der Waals surface area contributed by atoms with Crippen molar-refractivity contribution in [3.05, 3.63) is 72.4 Å². The second-order valence-corrected chi connectivity index (χ2v) is 7.75. The molecule has 0 saturated carbocycles. The molecule has 2 aliphatic carbocycles. The van der Waals surface area contributed by atoms with E-state index in [1.807, 2.05) is 43.3 Å². The monoisotopic (exact) mass is 447 g/mol. The van der Waals surface area contributed by atoms with Crippen molar-refractivity contribution in [3.63, 3.8) is 0 Å². The first-order chi connectivity index (χ1) is 9.82. The molecule has 1 aromatic rings. The minimum absolute atomic E-state index is 0. The van der Waals surface area contributed by atoms with Gasteiger partial charge >= 0.3 is 140 Å². The van der Waals surface area contributed by atoms with Crippen molar-refractivity contribution < 1.29 is 37.7 Å². The summed E-state index contributed by atoms with van der Waals surface area (Å²) in [5.74, 6) is 0. The third kappa shape index (κ3) is 3.36. The van der Waals surface area contributed by atoms with Gasteiger partial charge in [-0.1, -0.05) is 0 Å². The summed E-state index contributed by atoms with van der Waals surface area (Å²) < 4.78 is 34.1. The van der Waals surface area contributed by atoms with Crippen molar-refractivity contribution in [3.8, 4) is 0 Å². The minimum Gasteiger partial charge on any atom is -0.147 e. The first-order valence-corrected chi connectivity index (χ1v) is 9.13. The number of hydrogen-bond donors (Lipinski definition) is 1. The quantitative estimate of drug-likeness (QED) is 0.688. The molecular weight excluding hydrogens is 434 g/mol. The van der Waals surface area contributed by atoms with E-state index >= 15 is 0 Å². The maximum absolute atomic E-state index is 11.7. The normalized spacial score (nSPS) is 16.9. The van der Waals surface area contributed by atoms with Gasteiger partial charge in [0.1, 0.15) is 0 Å². The van der Waals surface area contributed by atoms with Gasteiger partial charge in [-0.25, -0.2) is 0 Å². The van der Waals surface area contributed by atoms with E-state index in [9.17, 15) is 13.0 Å². The third-order valence-electron chi connectivity index (χ3n) is 3.81. The Morgan fingerprint density at radius 2 is 1.57 bits per heavy atom. The summed E-state index contributed by atoms with van der Waals surface area (Å²) in [4.78, 5) is 0.0731. The van der Waals surface area contributed by atoms with Crippen LogP contribution in [-0.2, 0) is 34.8 Å². The van der Waals surface area contributed by atoms with Crippen LogP contribution in [-0.4, -0.2) is 13.0 Å². The van der Waals surface area contributed by atoms with Gasteiger partial charge < -0.3 is 0 Å². The molecule has 0 aromatic heterocycles. The molecule has 0 aliphatic heterocycles. The maximum atomic E-state index is 11.7. The van der Waals surface area contributed by atoms with Crippen molar-refractivity contribution in [2.45, 2.75) is 13.8 Å². The van der Waals surface area contributed by atoms with Gasteiger partial charge in [-0.3, -0.25) is 0 Å². The SMILES string of the molecule is CC1=C2C(=[C]([Zr])C(C)=C2S(=O)(=O)O)C(c2ccccc2)=C1.Cl.Cl. The predicted octanol–water partition coefficient (Wildman–Crippen LogP) is 4.22. The molecule has 121 valence electrons. The summed E-state index contributed by atoms with van der Waals surface area (Å²) in [7, 11) is -4.22. The van der Waals surface area contributed by atoms with E-state index < -0.39 is 10.1 Å². The van der Waals surface area contributed by atoms with Crippen LogP contribution in [0.25, 0.3) is 5.57 Å². The van der Waals surface area contributed by atoms with Crippen LogP contribution in [0.3, 0.4) is 0 Å². The van der Waals surface area contributed by atoms with E-state index in [-0.39, 0.29) is 29.7 Å². The van der Waals surface area contributed by atoms with E-state index in [1.165, 1.54) is 0 Å². The van der Waals surface area contributed by atoms with Gasteiger partial charge in [0.05, 0.1) is 0 Å². The molecule has 0 radical (unpaired) electrons. The van der Waals surface area contributed by atoms with Crippen molar-refractivity contribution in [2.24, 2.45) is 0 Å². The molecule has 0 bridgehead atoms. The van der Waals surface area contributed by atoms with Crippen LogP contribution >= 0.6 is 24.8 Å². The average molecular weight is 449 g/mol. The molecule has 7 heteroatoms. The minimum atomic E-state index is -4.22.